The van der Waals surface area contributed by atoms with E-state index in [4.69, 9.17) is 21.1 Å². The van der Waals surface area contributed by atoms with Crippen molar-refractivity contribution < 1.29 is 19.1 Å². The number of halogens is 1. The quantitative estimate of drug-likeness (QED) is 0.875. The molecule has 0 bridgehead atoms. The Morgan fingerprint density at radius 2 is 1.96 bits per heavy atom. The summed E-state index contributed by atoms with van der Waals surface area (Å²) in [5, 5.41) is 3.25. The molecular weight excluding hydrogens is 334 g/mol. The van der Waals surface area contributed by atoms with Gasteiger partial charge in [-0.3, -0.25) is 9.69 Å². The van der Waals surface area contributed by atoms with Crippen LogP contribution in [-0.2, 0) is 9.53 Å². The number of nitrogens with one attached hydrogen (secondary N) is 1. The molecule has 2 rings (SSSR count). The van der Waals surface area contributed by atoms with Gasteiger partial charge in [0.25, 0.3) is 0 Å². The second-order valence-electron chi connectivity index (χ2n) is 5.36. The average Bonchev–Trinajstić information content (AvgIpc) is 2.56. The number of hydrogen-bond acceptors (Lipinski definition) is 5. The summed E-state index contributed by atoms with van der Waals surface area (Å²) in [4.78, 5) is 27.4. The summed E-state index contributed by atoms with van der Waals surface area (Å²) < 4.78 is 10.1. The molecule has 0 saturated carbocycles. The molecule has 0 aliphatic carbocycles. The van der Waals surface area contributed by atoms with Crippen LogP contribution >= 0.6 is 11.6 Å². The number of hydrogen-bond donors (Lipinski definition) is 1. The lowest BCUT2D eigenvalue weighted by molar-refractivity contribution is -0.117. The third kappa shape index (κ3) is 5.01. The van der Waals surface area contributed by atoms with Gasteiger partial charge in [-0.15, -0.1) is 0 Å². The maximum atomic E-state index is 12.1. The second kappa shape index (κ2) is 8.75. The molecule has 0 unspecified atom stereocenters. The van der Waals surface area contributed by atoms with E-state index in [1.165, 1.54) is 7.11 Å². The molecule has 1 fully saturated rings. The molecular formula is C16H22ClN3O4. The van der Waals surface area contributed by atoms with Crippen LogP contribution in [0.3, 0.4) is 0 Å². The zero-order chi connectivity index (χ0) is 17.5. The third-order valence-electron chi connectivity index (χ3n) is 3.70. The summed E-state index contributed by atoms with van der Waals surface area (Å²) in [7, 11) is 1.54. The van der Waals surface area contributed by atoms with Gasteiger partial charge in [-0.25, -0.2) is 4.79 Å². The first kappa shape index (κ1) is 18.4. The van der Waals surface area contributed by atoms with Gasteiger partial charge in [0.1, 0.15) is 5.75 Å². The monoisotopic (exact) mass is 355 g/mol. The van der Waals surface area contributed by atoms with Crippen molar-refractivity contribution in [2.24, 2.45) is 0 Å². The van der Waals surface area contributed by atoms with Crippen LogP contribution in [0.5, 0.6) is 5.75 Å². The van der Waals surface area contributed by atoms with E-state index in [2.05, 4.69) is 5.32 Å². The Bertz CT molecular complexity index is 589. The van der Waals surface area contributed by atoms with E-state index in [9.17, 15) is 9.59 Å². The minimum Gasteiger partial charge on any atom is -0.495 e. The largest absolute Gasteiger partial charge is 0.495 e. The first-order chi connectivity index (χ1) is 11.5. The van der Waals surface area contributed by atoms with Crippen molar-refractivity contribution in [3.05, 3.63) is 23.2 Å². The number of carbonyl (C=O) groups excluding carboxylic acids is 2. The number of carbonyl (C=O) groups is 2. The fraction of sp³-hybridized carbons (Fsp3) is 0.500. The Morgan fingerprint density at radius 1 is 1.25 bits per heavy atom. The van der Waals surface area contributed by atoms with Gasteiger partial charge in [-0.1, -0.05) is 11.6 Å². The minimum absolute atomic E-state index is 0.124. The van der Waals surface area contributed by atoms with Crippen LogP contribution in [0.15, 0.2) is 18.2 Å². The molecule has 132 valence electrons. The van der Waals surface area contributed by atoms with E-state index < -0.39 is 0 Å². The zero-order valence-electron chi connectivity index (χ0n) is 13.9. The molecule has 2 amide bonds. The maximum absolute atomic E-state index is 12.1. The Morgan fingerprint density at radius 3 is 2.54 bits per heavy atom. The Balaban J connectivity index is 1.79. The van der Waals surface area contributed by atoms with Crippen molar-refractivity contribution >= 4 is 29.3 Å². The number of nitrogens with zero attached hydrogens (tertiary/aromatic N) is 2. The summed E-state index contributed by atoms with van der Waals surface area (Å²) in [5.74, 6) is 0.436. The number of methoxy groups -OCH3 is 1. The summed E-state index contributed by atoms with van der Waals surface area (Å²) >= 11 is 6.04. The lowest BCUT2D eigenvalue weighted by Gasteiger charge is -2.33. The summed E-state index contributed by atoms with van der Waals surface area (Å²) in [6.07, 6.45) is -0.297. The standard InChI is InChI=1S/C16H22ClN3O4/c1-3-24-16(22)20-8-6-19(7-9-20)11-15(21)18-12-4-5-14(23-2)13(17)10-12/h4-5,10H,3,6-9,11H2,1-2H3,(H,18,21). The highest BCUT2D eigenvalue weighted by molar-refractivity contribution is 6.32. The fourth-order valence-corrected chi connectivity index (χ4v) is 2.71. The van der Waals surface area contributed by atoms with Gasteiger partial charge in [-0.2, -0.15) is 0 Å². The van der Waals surface area contributed by atoms with Crippen LogP contribution in [0, 0.1) is 0 Å². The van der Waals surface area contributed by atoms with Crippen molar-refractivity contribution in [3.63, 3.8) is 0 Å². The smallest absolute Gasteiger partial charge is 0.409 e. The molecule has 8 heteroatoms. The van der Waals surface area contributed by atoms with Gasteiger partial charge in [-0.05, 0) is 25.1 Å². The highest BCUT2D eigenvalue weighted by atomic mass is 35.5. The van der Waals surface area contributed by atoms with Gasteiger partial charge in [0.05, 0.1) is 25.3 Å². The molecule has 1 aliphatic rings. The Kier molecular flexibility index (Phi) is 6.69. The van der Waals surface area contributed by atoms with Gasteiger partial charge in [0.2, 0.25) is 5.91 Å². The van der Waals surface area contributed by atoms with Crippen molar-refractivity contribution in [2.75, 3.05) is 51.8 Å². The molecule has 24 heavy (non-hydrogen) atoms. The summed E-state index contributed by atoms with van der Waals surface area (Å²) in [6, 6.07) is 5.09. The Labute approximate surface area is 146 Å². The van der Waals surface area contributed by atoms with Crippen LogP contribution in [0.1, 0.15) is 6.92 Å². The summed E-state index contributed by atoms with van der Waals surface area (Å²) in [5.41, 5.74) is 0.621. The molecule has 1 heterocycles. The molecule has 1 N–H and O–H groups in total. The molecule has 0 aromatic heterocycles. The number of benzene rings is 1. The first-order valence-electron chi connectivity index (χ1n) is 7.81. The van der Waals surface area contributed by atoms with Gasteiger partial charge in [0.15, 0.2) is 0 Å². The first-order valence-corrected chi connectivity index (χ1v) is 8.18. The molecule has 0 spiro atoms. The zero-order valence-corrected chi connectivity index (χ0v) is 14.6. The van der Waals surface area contributed by atoms with E-state index in [1.807, 2.05) is 4.90 Å². The molecule has 0 radical (unpaired) electrons. The second-order valence-corrected chi connectivity index (χ2v) is 5.77. The molecule has 1 aromatic rings. The van der Waals surface area contributed by atoms with Gasteiger partial charge < -0.3 is 19.7 Å². The van der Waals surface area contributed by atoms with Crippen molar-refractivity contribution in [3.8, 4) is 5.75 Å². The lowest BCUT2D eigenvalue weighted by atomic mass is 10.3. The van der Waals surface area contributed by atoms with Crippen LogP contribution in [0.4, 0.5) is 10.5 Å². The van der Waals surface area contributed by atoms with Crippen LogP contribution in [0.25, 0.3) is 0 Å². The SMILES string of the molecule is CCOC(=O)N1CCN(CC(=O)Nc2ccc(OC)c(Cl)c2)CC1. The predicted molar refractivity (Wildman–Crippen MR) is 91.7 cm³/mol. The van der Waals surface area contributed by atoms with Crippen molar-refractivity contribution in [2.45, 2.75) is 6.92 Å². The number of anilines is 1. The lowest BCUT2D eigenvalue weighted by Crippen LogP contribution is -2.50. The topological polar surface area (TPSA) is 71.1 Å². The average molecular weight is 356 g/mol. The third-order valence-corrected chi connectivity index (χ3v) is 4.00. The fourth-order valence-electron chi connectivity index (χ4n) is 2.45. The number of piperazine rings is 1. The molecule has 1 saturated heterocycles. The van der Waals surface area contributed by atoms with E-state index >= 15 is 0 Å². The van der Waals surface area contributed by atoms with Crippen LogP contribution in [0.2, 0.25) is 5.02 Å². The Hall–Kier alpha value is -1.99. The molecule has 1 aliphatic heterocycles. The number of ether oxygens (including phenoxy) is 2. The van der Waals surface area contributed by atoms with Crippen LogP contribution < -0.4 is 10.1 Å². The van der Waals surface area contributed by atoms with Crippen LogP contribution in [-0.4, -0.2) is 68.2 Å². The van der Waals surface area contributed by atoms with Gasteiger partial charge >= 0.3 is 6.09 Å². The van der Waals surface area contributed by atoms with E-state index in [0.29, 0.717) is 49.2 Å². The van der Waals surface area contributed by atoms with E-state index in [0.717, 1.165) is 0 Å². The number of rotatable bonds is 5. The molecule has 0 atom stereocenters. The minimum atomic E-state index is -0.297. The van der Waals surface area contributed by atoms with Gasteiger partial charge in [0, 0.05) is 31.9 Å². The van der Waals surface area contributed by atoms with Crippen molar-refractivity contribution in [1.82, 2.24) is 9.80 Å². The predicted octanol–water partition coefficient (Wildman–Crippen LogP) is 2.06. The highest BCUT2D eigenvalue weighted by Crippen LogP contribution is 2.27. The highest BCUT2D eigenvalue weighted by Gasteiger charge is 2.23. The summed E-state index contributed by atoms with van der Waals surface area (Å²) in [6.45, 7) is 4.79. The maximum Gasteiger partial charge on any atom is 0.409 e. The van der Waals surface area contributed by atoms with Crippen molar-refractivity contribution in [1.29, 1.82) is 0 Å². The normalized spacial score (nSPS) is 15.0. The number of amides is 2. The molecule has 7 nitrogen and oxygen atoms in total. The molecule has 1 aromatic carbocycles. The van der Waals surface area contributed by atoms with E-state index in [-0.39, 0.29) is 18.5 Å². The van der Waals surface area contributed by atoms with E-state index in [1.54, 1.807) is 30.0 Å².